The molecule has 1 spiro atoms. The second-order valence-electron chi connectivity index (χ2n) is 13.1. The summed E-state index contributed by atoms with van der Waals surface area (Å²) in [7, 11) is 5.64. The first-order valence-corrected chi connectivity index (χ1v) is 16.0. The van der Waals surface area contributed by atoms with E-state index < -0.39 is 0 Å². The van der Waals surface area contributed by atoms with E-state index in [0.29, 0.717) is 11.5 Å². The van der Waals surface area contributed by atoms with Crippen LogP contribution in [0.3, 0.4) is 0 Å². The summed E-state index contributed by atoms with van der Waals surface area (Å²) in [5.41, 5.74) is 5.15. The van der Waals surface area contributed by atoms with E-state index in [1.165, 1.54) is 50.3 Å². The number of piperidine rings is 1. The van der Waals surface area contributed by atoms with E-state index in [9.17, 15) is 0 Å². The molecule has 47 heavy (non-hydrogen) atoms. The van der Waals surface area contributed by atoms with E-state index in [1.807, 2.05) is 30.3 Å². The highest BCUT2D eigenvalue weighted by atomic mass is 35.5. The van der Waals surface area contributed by atoms with E-state index in [2.05, 4.69) is 73.7 Å². The molecule has 3 fully saturated rings. The van der Waals surface area contributed by atoms with Crippen molar-refractivity contribution in [1.82, 2.24) is 20.0 Å². The topological polar surface area (TPSA) is 66.0 Å². The van der Waals surface area contributed by atoms with Crippen LogP contribution in [-0.4, -0.2) is 86.6 Å². The molecule has 3 aliphatic rings. The van der Waals surface area contributed by atoms with E-state index in [0.717, 1.165) is 71.8 Å². The van der Waals surface area contributed by atoms with Crippen LogP contribution in [0.4, 0.5) is 11.5 Å². The van der Waals surface area contributed by atoms with Crippen LogP contribution in [0.25, 0.3) is 22.0 Å². The number of nitrogens with one attached hydrogen (secondary N) is 1. The van der Waals surface area contributed by atoms with Gasteiger partial charge in [0.25, 0.3) is 0 Å². The van der Waals surface area contributed by atoms with Crippen molar-refractivity contribution in [3.63, 3.8) is 0 Å². The third-order valence-corrected chi connectivity index (χ3v) is 10.1. The maximum absolute atomic E-state index is 5.57. The number of hydrogen-bond donors (Lipinski definition) is 1. The Labute approximate surface area is 297 Å². The second kappa shape index (κ2) is 15.9. The van der Waals surface area contributed by atoms with Gasteiger partial charge in [-0.25, -0.2) is 0 Å². The van der Waals surface area contributed by atoms with Crippen LogP contribution in [0.15, 0.2) is 66.7 Å². The first-order valence-electron chi connectivity index (χ1n) is 16.0. The van der Waals surface area contributed by atoms with Gasteiger partial charge in [-0.05, 0) is 99.4 Å². The summed E-state index contributed by atoms with van der Waals surface area (Å²) >= 11 is 0. The molecule has 0 amide bonds. The van der Waals surface area contributed by atoms with Gasteiger partial charge in [0, 0.05) is 72.7 Å². The lowest BCUT2D eigenvalue weighted by Gasteiger charge is -2.33. The first-order chi connectivity index (χ1) is 21.5. The maximum Gasteiger partial charge on any atom is 0.156 e. The third kappa shape index (κ3) is 8.01. The molecule has 3 saturated heterocycles. The highest BCUT2D eigenvalue weighted by molar-refractivity contribution is 6.00. The van der Waals surface area contributed by atoms with Gasteiger partial charge >= 0.3 is 0 Å². The normalized spacial score (nSPS) is 20.0. The third-order valence-electron chi connectivity index (χ3n) is 10.1. The fourth-order valence-corrected chi connectivity index (χ4v) is 7.48. The molecule has 3 aromatic carbocycles. The standard InChI is InChI=1S/C36H44N6O2.3ClH/c1-40-20-16-36(24-40)17-21-42(25-36)29-8-4-26(5-9-29)23-41-18-14-28(15-19-41)37-35-33-22-31(44-3)12-13-32(33)34(38-39-35)27-6-10-30(43-2)11-7-27;;;/h4-13,22,28H,14-21,23-25H2,1-3H3,(H,37,39);3*1H. The highest BCUT2D eigenvalue weighted by Crippen LogP contribution is 2.40. The number of halogens is 3. The van der Waals surface area contributed by atoms with Gasteiger partial charge in [0.1, 0.15) is 17.2 Å². The highest BCUT2D eigenvalue weighted by Gasteiger charge is 2.42. The van der Waals surface area contributed by atoms with E-state index in [4.69, 9.17) is 9.47 Å². The number of methoxy groups -OCH3 is 2. The molecular formula is C36H47Cl3N6O2. The molecule has 0 radical (unpaired) electrons. The molecule has 0 bridgehead atoms. The lowest BCUT2D eigenvalue weighted by molar-refractivity contribution is 0.211. The van der Waals surface area contributed by atoms with Gasteiger partial charge in [-0.1, -0.05) is 12.1 Å². The lowest BCUT2D eigenvalue weighted by Crippen LogP contribution is -2.38. The molecular weight excluding hydrogens is 655 g/mol. The molecule has 8 nitrogen and oxygen atoms in total. The number of fused-ring (bicyclic) bond motifs is 1. The summed E-state index contributed by atoms with van der Waals surface area (Å²) in [6.07, 6.45) is 4.80. The summed E-state index contributed by atoms with van der Waals surface area (Å²) in [5, 5.41) is 15.2. The fraction of sp³-hybridized carbons (Fsp3) is 0.444. The van der Waals surface area contributed by atoms with Crippen molar-refractivity contribution in [2.45, 2.75) is 38.3 Å². The average Bonchev–Trinajstić information content (AvgIpc) is 3.66. The van der Waals surface area contributed by atoms with E-state index >= 15 is 0 Å². The molecule has 4 heterocycles. The predicted octanol–water partition coefficient (Wildman–Crippen LogP) is 7.19. The van der Waals surface area contributed by atoms with Crippen LogP contribution >= 0.6 is 37.2 Å². The Balaban J connectivity index is 0.00000167. The SMILES string of the molecule is COc1ccc(-c2nnc(NC3CCN(Cc4ccc(N5CCC6(CCN(C)C6)C5)cc4)CC3)c3cc(OC)ccc23)cc1.Cl.Cl.Cl. The molecule has 11 heteroatoms. The lowest BCUT2D eigenvalue weighted by atomic mass is 9.86. The number of anilines is 2. The quantitative estimate of drug-likeness (QED) is 0.207. The van der Waals surface area contributed by atoms with Crippen molar-refractivity contribution in [1.29, 1.82) is 0 Å². The largest absolute Gasteiger partial charge is 0.497 e. The van der Waals surface area contributed by atoms with Gasteiger partial charge in [0.15, 0.2) is 5.82 Å². The van der Waals surface area contributed by atoms with Gasteiger partial charge in [-0.15, -0.1) is 47.4 Å². The van der Waals surface area contributed by atoms with Gasteiger partial charge in [0.05, 0.1) is 14.2 Å². The summed E-state index contributed by atoms with van der Waals surface area (Å²) < 4.78 is 10.9. The number of likely N-dealkylation sites (tertiary alicyclic amines) is 2. The summed E-state index contributed by atoms with van der Waals surface area (Å²) in [5.74, 6) is 2.45. The minimum Gasteiger partial charge on any atom is -0.497 e. The molecule has 1 N–H and O–H groups in total. The zero-order valence-corrected chi connectivity index (χ0v) is 29.9. The minimum atomic E-state index is 0. The molecule has 254 valence electrons. The Morgan fingerprint density at radius 1 is 0.766 bits per heavy atom. The van der Waals surface area contributed by atoms with Gasteiger partial charge in [0.2, 0.25) is 0 Å². The number of nitrogens with zero attached hydrogens (tertiary/aromatic N) is 5. The second-order valence-corrected chi connectivity index (χ2v) is 13.1. The van der Waals surface area contributed by atoms with Crippen LogP contribution < -0.4 is 19.7 Å². The van der Waals surface area contributed by atoms with Crippen LogP contribution in [0, 0.1) is 5.41 Å². The van der Waals surface area contributed by atoms with Crippen molar-refractivity contribution in [2.75, 3.05) is 70.8 Å². The van der Waals surface area contributed by atoms with Crippen LogP contribution in [0.2, 0.25) is 0 Å². The van der Waals surface area contributed by atoms with E-state index in [1.54, 1.807) is 14.2 Å². The Bertz CT molecular complexity index is 1600. The van der Waals surface area contributed by atoms with Crippen molar-refractivity contribution in [3.05, 3.63) is 72.3 Å². The number of benzene rings is 3. The number of aromatic nitrogens is 2. The molecule has 3 aliphatic heterocycles. The predicted molar refractivity (Wildman–Crippen MR) is 200 cm³/mol. The van der Waals surface area contributed by atoms with Crippen LogP contribution in [-0.2, 0) is 6.54 Å². The van der Waals surface area contributed by atoms with Gasteiger partial charge in [-0.2, -0.15) is 0 Å². The summed E-state index contributed by atoms with van der Waals surface area (Å²) in [6, 6.07) is 23.8. The number of rotatable bonds is 8. The Hall–Kier alpha value is -3.01. The number of ether oxygens (including phenoxy) is 2. The van der Waals surface area contributed by atoms with Crippen LogP contribution in [0.1, 0.15) is 31.2 Å². The number of hydrogen-bond acceptors (Lipinski definition) is 8. The fourth-order valence-electron chi connectivity index (χ4n) is 7.48. The molecule has 4 aromatic rings. The first kappa shape index (κ1) is 36.8. The maximum atomic E-state index is 5.57. The summed E-state index contributed by atoms with van der Waals surface area (Å²) in [6.45, 7) is 7.99. The van der Waals surface area contributed by atoms with Gasteiger partial charge in [-0.3, -0.25) is 4.90 Å². The van der Waals surface area contributed by atoms with Crippen molar-refractivity contribution in [3.8, 4) is 22.8 Å². The smallest absolute Gasteiger partial charge is 0.156 e. The molecule has 7 rings (SSSR count). The van der Waals surface area contributed by atoms with Crippen molar-refractivity contribution < 1.29 is 9.47 Å². The van der Waals surface area contributed by atoms with E-state index in [-0.39, 0.29) is 37.2 Å². The van der Waals surface area contributed by atoms with Crippen molar-refractivity contribution in [2.24, 2.45) is 5.41 Å². The Morgan fingerprint density at radius 2 is 1.45 bits per heavy atom. The monoisotopic (exact) mass is 700 g/mol. The minimum absolute atomic E-state index is 0. The zero-order valence-electron chi connectivity index (χ0n) is 27.5. The Kier molecular flexibility index (Phi) is 12.5. The molecule has 1 aromatic heterocycles. The van der Waals surface area contributed by atoms with Crippen LogP contribution in [0.5, 0.6) is 11.5 Å². The van der Waals surface area contributed by atoms with Gasteiger partial charge < -0.3 is 24.6 Å². The zero-order chi connectivity index (χ0) is 30.1. The summed E-state index contributed by atoms with van der Waals surface area (Å²) in [4.78, 5) is 7.68. The molecule has 0 saturated carbocycles. The molecule has 1 unspecified atom stereocenters. The molecule has 0 aliphatic carbocycles. The Morgan fingerprint density at radius 3 is 2.11 bits per heavy atom. The molecule has 1 atom stereocenters. The average molecular weight is 702 g/mol. The van der Waals surface area contributed by atoms with Crippen molar-refractivity contribution >= 4 is 59.5 Å².